The molecule has 166 valence electrons. The maximum atomic E-state index is 13.5. The normalized spacial score (nSPS) is 24.9. The van der Waals surface area contributed by atoms with Crippen molar-refractivity contribution in [3.05, 3.63) is 64.1 Å². The minimum atomic E-state index is -0.261. The molecule has 31 heavy (non-hydrogen) atoms. The Morgan fingerprint density at radius 3 is 2.23 bits per heavy atom. The molecule has 0 spiro atoms. The van der Waals surface area contributed by atoms with Gasteiger partial charge in [-0.25, -0.2) is 0 Å². The summed E-state index contributed by atoms with van der Waals surface area (Å²) in [6.45, 7) is 0.254. The van der Waals surface area contributed by atoms with Crippen LogP contribution in [0.15, 0.2) is 47.4 Å². The number of aryl methyl sites for hydroxylation is 1. The predicted molar refractivity (Wildman–Crippen MR) is 121 cm³/mol. The van der Waals surface area contributed by atoms with Gasteiger partial charge in [-0.1, -0.05) is 30.3 Å². The molecule has 4 rings (SSSR count). The molecule has 2 saturated carbocycles. The van der Waals surface area contributed by atoms with E-state index in [1.165, 1.54) is 18.9 Å². The molecule has 1 heterocycles. The number of benzene rings is 1. The third-order valence-electron chi connectivity index (χ3n) is 7.23. The summed E-state index contributed by atoms with van der Waals surface area (Å²) in [5.74, 6) is 1.36. The zero-order valence-corrected chi connectivity index (χ0v) is 19.0. The second-order valence-corrected chi connectivity index (χ2v) is 9.39. The fourth-order valence-corrected chi connectivity index (χ4v) is 5.35. The van der Waals surface area contributed by atoms with E-state index in [0.29, 0.717) is 23.6 Å². The molecule has 0 N–H and O–H groups in total. The monoisotopic (exact) mass is 423 g/mol. The van der Waals surface area contributed by atoms with E-state index < -0.39 is 0 Å². The van der Waals surface area contributed by atoms with Crippen molar-refractivity contribution in [3.63, 3.8) is 0 Å². The summed E-state index contributed by atoms with van der Waals surface area (Å²) in [4.78, 5) is 30.3. The maximum absolute atomic E-state index is 13.5. The number of fused-ring (bicyclic) bond motifs is 1. The molecular weight excluding hydrogens is 390 g/mol. The van der Waals surface area contributed by atoms with E-state index in [2.05, 4.69) is 19.0 Å². The van der Waals surface area contributed by atoms with Gasteiger partial charge in [-0.15, -0.1) is 0 Å². The summed E-state index contributed by atoms with van der Waals surface area (Å²) >= 11 is 0. The van der Waals surface area contributed by atoms with Crippen molar-refractivity contribution >= 4 is 5.91 Å². The van der Waals surface area contributed by atoms with E-state index in [1.807, 2.05) is 42.3 Å². The van der Waals surface area contributed by atoms with Crippen LogP contribution in [0.1, 0.15) is 41.7 Å². The van der Waals surface area contributed by atoms with Gasteiger partial charge in [0.15, 0.2) is 11.4 Å². The summed E-state index contributed by atoms with van der Waals surface area (Å²) in [6.07, 6.45) is 6.15. The van der Waals surface area contributed by atoms with Gasteiger partial charge in [-0.3, -0.25) is 9.59 Å². The smallest absolute Gasteiger partial charge is 0.274 e. The van der Waals surface area contributed by atoms with E-state index in [1.54, 1.807) is 17.8 Å². The fourth-order valence-electron chi connectivity index (χ4n) is 5.35. The van der Waals surface area contributed by atoms with Gasteiger partial charge in [0.05, 0.1) is 0 Å². The lowest BCUT2D eigenvalue weighted by molar-refractivity contribution is 0.0709. The van der Waals surface area contributed by atoms with Crippen LogP contribution in [0.2, 0.25) is 0 Å². The van der Waals surface area contributed by atoms with E-state index in [4.69, 9.17) is 4.74 Å². The number of carbonyl (C=O) groups is 1. The van der Waals surface area contributed by atoms with Crippen molar-refractivity contribution in [1.29, 1.82) is 0 Å². The Bertz CT molecular complexity index is 971. The van der Waals surface area contributed by atoms with Crippen molar-refractivity contribution < 1.29 is 9.53 Å². The number of rotatable bonds is 6. The number of aromatic nitrogens is 1. The number of pyridine rings is 1. The predicted octanol–water partition coefficient (Wildman–Crippen LogP) is 3.16. The third-order valence-corrected chi connectivity index (χ3v) is 7.23. The summed E-state index contributed by atoms with van der Waals surface area (Å²) in [7, 11) is 7.98. The van der Waals surface area contributed by atoms with Crippen LogP contribution < -0.4 is 10.2 Å². The van der Waals surface area contributed by atoms with E-state index in [-0.39, 0.29) is 29.7 Å². The Hall–Kier alpha value is -2.60. The second-order valence-electron chi connectivity index (χ2n) is 9.39. The van der Waals surface area contributed by atoms with Crippen molar-refractivity contribution in [2.45, 2.75) is 44.4 Å². The van der Waals surface area contributed by atoms with E-state index >= 15 is 0 Å². The van der Waals surface area contributed by atoms with Gasteiger partial charge in [0, 0.05) is 38.4 Å². The first-order valence-corrected chi connectivity index (χ1v) is 11.1. The van der Waals surface area contributed by atoms with Crippen LogP contribution in [-0.4, -0.2) is 53.5 Å². The quantitative estimate of drug-likeness (QED) is 0.716. The van der Waals surface area contributed by atoms with E-state index in [9.17, 15) is 9.59 Å². The molecule has 6 heteroatoms. The topological polar surface area (TPSA) is 54.8 Å². The lowest BCUT2D eigenvalue weighted by atomic mass is 10.0. The van der Waals surface area contributed by atoms with E-state index in [0.717, 1.165) is 18.4 Å². The summed E-state index contributed by atoms with van der Waals surface area (Å²) in [5.41, 5.74) is 1.02. The molecule has 2 aliphatic carbocycles. The number of carbonyl (C=O) groups excluding carboxylic acids is 1. The van der Waals surface area contributed by atoms with Crippen LogP contribution >= 0.6 is 0 Å². The standard InChI is InChI=1S/C25H33N3O3/c1-26(2)20-12-18-14-21(15-19(18)13-20)28(4)25(30)23-24(22(29)10-11-27(23)3)31-16-17-8-6-5-7-9-17/h5-11,18-21H,12-16H2,1-4H3/t18-,19+,20?,21?. The van der Waals surface area contributed by atoms with Crippen LogP contribution in [-0.2, 0) is 13.7 Å². The molecule has 1 aromatic heterocycles. The van der Waals surface area contributed by atoms with Gasteiger partial charge >= 0.3 is 0 Å². The SMILES string of the molecule is CN(C)C1C[C@@H]2CC(N(C)C(=O)c3c(OCc4ccccc4)c(=O)ccn3C)C[C@@H]2C1. The van der Waals surface area contributed by atoms with Gasteiger partial charge in [0.25, 0.3) is 5.91 Å². The average Bonchev–Trinajstić information content (AvgIpc) is 3.33. The highest BCUT2D eigenvalue weighted by Gasteiger charge is 2.44. The molecule has 1 amide bonds. The summed E-state index contributed by atoms with van der Waals surface area (Å²) in [6, 6.07) is 12.0. The van der Waals surface area contributed by atoms with Gasteiger partial charge in [-0.05, 0) is 57.2 Å². The van der Waals surface area contributed by atoms with Gasteiger partial charge in [-0.2, -0.15) is 0 Å². The first-order valence-electron chi connectivity index (χ1n) is 11.1. The Morgan fingerprint density at radius 1 is 1.00 bits per heavy atom. The highest BCUT2D eigenvalue weighted by Crippen LogP contribution is 2.46. The Kier molecular flexibility index (Phi) is 6.19. The second kappa shape index (κ2) is 8.87. The molecule has 2 aromatic rings. The van der Waals surface area contributed by atoms with Crippen LogP contribution in [0.4, 0.5) is 0 Å². The summed E-state index contributed by atoms with van der Waals surface area (Å²) < 4.78 is 7.60. The van der Waals surface area contributed by atoms with Gasteiger partial charge < -0.3 is 19.1 Å². The molecule has 0 bridgehead atoms. The van der Waals surface area contributed by atoms with Crippen LogP contribution in [0.3, 0.4) is 0 Å². The molecule has 0 radical (unpaired) electrons. The lowest BCUT2D eigenvalue weighted by Crippen LogP contribution is -2.38. The minimum absolute atomic E-state index is 0.136. The van der Waals surface area contributed by atoms with Crippen molar-refractivity contribution in [2.75, 3.05) is 21.1 Å². The number of hydrogen-bond acceptors (Lipinski definition) is 4. The zero-order valence-electron chi connectivity index (χ0n) is 19.0. The number of hydrogen-bond donors (Lipinski definition) is 0. The van der Waals surface area contributed by atoms with Crippen LogP contribution in [0, 0.1) is 11.8 Å². The molecular formula is C25H33N3O3. The van der Waals surface area contributed by atoms with Crippen LogP contribution in [0.5, 0.6) is 5.75 Å². The van der Waals surface area contributed by atoms with Crippen molar-refractivity contribution in [3.8, 4) is 5.75 Å². The van der Waals surface area contributed by atoms with Gasteiger partial charge in [0.1, 0.15) is 6.61 Å². The molecule has 1 aromatic carbocycles. The first kappa shape index (κ1) is 21.6. The molecule has 2 aliphatic rings. The maximum Gasteiger partial charge on any atom is 0.274 e. The Labute approximate surface area is 184 Å². The summed E-state index contributed by atoms with van der Waals surface area (Å²) in [5, 5.41) is 0. The largest absolute Gasteiger partial charge is 0.483 e. The first-order chi connectivity index (χ1) is 14.8. The Morgan fingerprint density at radius 2 is 1.61 bits per heavy atom. The Balaban J connectivity index is 1.51. The zero-order chi connectivity index (χ0) is 22.1. The molecule has 0 saturated heterocycles. The molecule has 6 nitrogen and oxygen atoms in total. The molecule has 2 unspecified atom stereocenters. The molecule has 0 aliphatic heterocycles. The fraction of sp³-hybridized carbons (Fsp3) is 0.520. The number of ether oxygens (including phenoxy) is 1. The third kappa shape index (κ3) is 4.40. The van der Waals surface area contributed by atoms with Crippen LogP contribution in [0.25, 0.3) is 0 Å². The molecule has 4 atom stereocenters. The number of nitrogens with zero attached hydrogens (tertiary/aromatic N) is 3. The highest BCUT2D eigenvalue weighted by molar-refractivity contribution is 5.95. The average molecular weight is 424 g/mol. The lowest BCUT2D eigenvalue weighted by Gasteiger charge is -2.28. The van der Waals surface area contributed by atoms with Crippen molar-refractivity contribution in [2.24, 2.45) is 18.9 Å². The molecule has 2 fully saturated rings. The van der Waals surface area contributed by atoms with Crippen molar-refractivity contribution in [1.82, 2.24) is 14.4 Å². The minimum Gasteiger partial charge on any atom is -0.483 e. The highest BCUT2D eigenvalue weighted by atomic mass is 16.5. The van der Waals surface area contributed by atoms with Gasteiger partial charge in [0.2, 0.25) is 5.43 Å². The number of amides is 1.